The summed E-state index contributed by atoms with van der Waals surface area (Å²) < 4.78 is 5.92. The number of hydrogen-bond donors (Lipinski definition) is 2. The molecular weight excluding hydrogens is 306 g/mol. The van der Waals surface area contributed by atoms with Crippen LogP contribution in [0.4, 0.5) is 4.79 Å². The van der Waals surface area contributed by atoms with Crippen LogP contribution in [0.15, 0.2) is 12.2 Å². The molecule has 3 rings (SSSR count). The van der Waals surface area contributed by atoms with Crippen LogP contribution in [-0.2, 0) is 9.53 Å². The van der Waals surface area contributed by atoms with Crippen molar-refractivity contribution in [3.63, 3.8) is 0 Å². The largest absolute Gasteiger partial charge is 0.343 e. The topological polar surface area (TPSA) is 70.7 Å². The highest BCUT2D eigenvalue weighted by atomic mass is 16.5. The fourth-order valence-corrected chi connectivity index (χ4v) is 3.88. The van der Waals surface area contributed by atoms with Gasteiger partial charge in [-0.1, -0.05) is 19.1 Å². The Labute approximate surface area is 144 Å². The Bertz CT molecular complexity index is 502. The van der Waals surface area contributed by atoms with Crippen LogP contribution in [0.2, 0.25) is 0 Å². The third-order valence-corrected chi connectivity index (χ3v) is 5.59. The molecule has 2 aliphatic heterocycles. The van der Waals surface area contributed by atoms with E-state index in [4.69, 9.17) is 4.74 Å². The number of rotatable bonds is 3. The van der Waals surface area contributed by atoms with Gasteiger partial charge in [0.1, 0.15) is 11.8 Å². The Morgan fingerprint density at radius 3 is 2.62 bits per heavy atom. The van der Waals surface area contributed by atoms with Crippen LogP contribution in [0, 0.1) is 5.92 Å². The number of carbonyl (C=O) groups excluding carboxylic acids is 2. The summed E-state index contributed by atoms with van der Waals surface area (Å²) in [6.45, 7) is 7.96. The molecule has 1 saturated carbocycles. The first-order valence-electron chi connectivity index (χ1n) is 9.20. The molecule has 3 fully saturated rings. The van der Waals surface area contributed by atoms with Crippen molar-refractivity contribution in [1.29, 1.82) is 0 Å². The van der Waals surface area contributed by atoms with E-state index in [0.29, 0.717) is 38.3 Å². The quantitative estimate of drug-likeness (QED) is 0.777. The van der Waals surface area contributed by atoms with E-state index in [2.05, 4.69) is 17.2 Å². The summed E-state index contributed by atoms with van der Waals surface area (Å²) in [7, 11) is 0. The van der Waals surface area contributed by atoms with Gasteiger partial charge in [-0.05, 0) is 38.0 Å². The second-order valence-electron chi connectivity index (χ2n) is 7.36. The second kappa shape index (κ2) is 7.13. The molecule has 0 bridgehead atoms. The minimum Gasteiger partial charge on any atom is -0.343 e. The molecule has 3 aliphatic rings. The average Bonchev–Trinajstić information content (AvgIpc) is 2.90. The van der Waals surface area contributed by atoms with E-state index in [1.54, 1.807) is 0 Å². The van der Waals surface area contributed by atoms with E-state index in [0.717, 1.165) is 32.2 Å². The third-order valence-electron chi connectivity index (χ3n) is 5.59. The van der Waals surface area contributed by atoms with Gasteiger partial charge >= 0.3 is 6.03 Å². The monoisotopic (exact) mass is 335 g/mol. The Morgan fingerprint density at radius 2 is 2.04 bits per heavy atom. The maximum Gasteiger partial charge on any atom is 0.317 e. The Kier molecular flexibility index (Phi) is 5.13. The first kappa shape index (κ1) is 17.3. The zero-order valence-electron chi connectivity index (χ0n) is 14.6. The van der Waals surface area contributed by atoms with Gasteiger partial charge in [0.05, 0.1) is 0 Å². The molecule has 1 spiro atoms. The Balaban J connectivity index is 1.42. The average molecular weight is 335 g/mol. The number of amides is 3. The standard InChI is InChI=1S/C18H29N3O3/c1-3-15-16(22)20-18(24-15)8-10-21(11-9-18)17(23)19-12-14-6-4-13(2)5-7-14/h14-15H,2-12H2,1H3,(H,19,23)(H,20,22). The van der Waals surface area contributed by atoms with E-state index in [-0.39, 0.29) is 18.0 Å². The van der Waals surface area contributed by atoms with Crippen molar-refractivity contribution in [2.75, 3.05) is 19.6 Å². The lowest BCUT2D eigenvalue weighted by Crippen LogP contribution is -2.55. The molecule has 1 atom stereocenters. The summed E-state index contributed by atoms with van der Waals surface area (Å²) in [6, 6.07) is 0.00520. The lowest BCUT2D eigenvalue weighted by atomic mass is 9.86. The first-order chi connectivity index (χ1) is 11.5. The lowest BCUT2D eigenvalue weighted by Gasteiger charge is -2.38. The number of urea groups is 1. The number of piperidine rings is 1. The van der Waals surface area contributed by atoms with E-state index >= 15 is 0 Å². The van der Waals surface area contributed by atoms with E-state index < -0.39 is 5.72 Å². The molecule has 6 nitrogen and oxygen atoms in total. The molecule has 3 amide bonds. The van der Waals surface area contributed by atoms with Gasteiger partial charge in [-0.3, -0.25) is 4.79 Å². The maximum absolute atomic E-state index is 12.4. The van der Waals surface area contributed by atoms with Gasteiger partial charge in [0.15, 0.2) is 0 Å². The van der Waals surface area contributed by atoms with Gasteiger partial charge in [0.25, 0.3) is 5.91 Å². The zero-order chi connectivity index (χ0) is 17.2. The second-order valence-corrected chi connectivity index (χ2v) is 7.36. The first-order valence-corrected chi connectivity index (χ1v) is 9.20. The summed E-state index contributed by atoms with van der Waals surface area (Å²) in [5.74, 6) is 0.549. The lowest BCUT2D eigenvalue weighted by molar-refractivity contribution is -0.124. The smallest absolute Gasteiger partial charge is 0.317 e. The zero-order valence-corrected chi connectivity index (χ0v) is 14.6. The fraction of sp³-hybridized carbons (Fsp3) is 0.778. The molecule has 2 N–H and O–H groups in total. The van der Waals surface area contributed by atoms with E-state index in [1.807, 2.05) is 11.8 Å². The van der Waals surface area contributed by atoms with Gasteiger partial charge in [0, 0.05) is 32.5 Å². The van der Waals surface area contributed by atoms with Crippen molar-refractivity contribution >= 4 is 11.9 Å². The van der Waals surface area contributed by atoms with Crippen molar-refractivity contribution in [3.05, 3.63) is 12.2 Å². The van der Waals surface area contributed by atoms with Crippen LogP contribution < -0.4 is 10.6 Å². The molecule has 24 heavy (non-hydrogen) atoms. The maximum atomic E-state index is 12.4. The van der Waals surface area contributed by atoms with Crippen molar-refractivity contribution < 1.29 is 14.3 Å². The van der Waals surface area contributed by atoms with Crippen molar-refractivity contribution in [1.82, 2.24) is 15.5 Å². The number of allylic oxidation sites excluding steroid dienone is 1. The predicted molar refractivity (Wildman–Crippen MR) is 91.3 cm³/mol. The van der Waals surface area contributed by atoms with Crippen LogP contribution in [0.5, 0.6) is 0 Å². The van der Waals surface area contributed by atoms with Crippen molar-refractivity contribution in [3.8, 4) is 0 Å². The molecule has 2 heterocycles. The number of hydrogen-bond acceptors (Lipinski definition) is 3. The highest BCUT2D eigenvalue weighted by Gasteiger charge is 2.46. The predicted octanol–water partition coefficient (Wildman–Crippen LogP) is 2.16. The molecule has 1 aliphatic carbocycles. The minimum atomic E-state index is -0.557. The molecule has 0 radical (unpaired) electrons. The van der Waals surface area contributed by atoms with E-state index in [1.165, 1.54) is 5.57 Å². The van der Waals surface area contributed by atoms with E-state index in [9.17, 15) is 9.59 Å². The SMILES string of the molecule is C=C1CCC(CNC(=O)N2CCC3(CC2)NC(=O)C(CC)O3)CC1. The molecule has 6 heteroatoms. The Hall–Kier alpha value is -1.56. The summed E-state index contributed by atoms with van der Waals surface area (Å²) >= 11 is 0. The van der Waals surface area contributed by atoms with Crippen LogP contribution in [0.1, 0.15) is 51.9 Å². The molecule has 0 aromatic rings. The number of ether oxygens (including phenoxy) is 1. The molecular formula is C18H29N3O3. The number of carbonyl (C=O) groups is 2. The third kappa shape index (κ3) is 3.74. The summed E-state index contributed by atoms with van der Waals surface area (Å²) in [5, 5.41) is 6.06. The molecule has 2 saturated heterocycles. The van der Waals surface area contributed by atoms with Gasteiger partial charge in [0.2, 0.25) is 0 Å². The Morgan fingerprint density at radius 1 is 1.38 bits per heavy atom. The summed E-state index contributed by atoms with van der Waals surface area (Å²) in [4.78, 5) is 26.1. The number of nitrogens with zero attached hydrogens (tertiary/aromatic N) is 1. The molecule has 0 aromatic carbocycles. The molecule has 1 unspecified atom stereocenters. The van der Waals surface area contributed by atoms with Crippen molar-refractivity contribution in [2.24, 2.45) is 5.92 Å². The fourth-order valence-electron chi connectivity index (χ4n) is 3.88. The highest BCUT2D eigenvalue weighted by molar-refractivity contribution is 5.83. The van der Waals surface area contributed by atoms with Crippen LogP contribution in [0.25, 0.3) is 0 Å². The summed E-state index contributed by atoms with van der Waals surface area (Å²) in [5.41, 5.74) is 0.779. The van der Waals surface area contributed by atoms with Crippen LogP contribution >= 0.6 is 0 Å². The van der Waals surface area contributed by atoms with Crippen LogP contribution in [-0.4, -0.2) is 48.3 Å². The normalized spacial score (nSPS) is 27.4. The minimum absolute atomic E-state index is 0.00520. The van der Waals surface area contributed by atoms with Gasteiger partial charge < -0.3 is 20.3 Å². The van der Waals surface area contributed by atoms with Crippen molar-refractivity contribution in [2.45, 2.75) is 63.7 Å². The molecule has 0 aromatic heterocycles. The van der Waals surface area contributed by atoms with Gasteiger partial charge in [-0.15, -0.1) is 0 Å². The molecule has 134 valence electrons. The number of nitrogens with one attached hydrogen (secondary N) is 2. The van der Waals surface area contributed by atoms with Crippen LogP contribution in [0.3, 0.4) is 0 Å². The summed E-state index contributed by atoms with van der Waals surface area (Å²) in [6.07, 6.45) is 6.08. The number of likely N-dealkylation sites (tertiary alicyclic amines) is 1. The van der Waals surface area contributed by atoms with Gasteiger partial charge in [-0.2, -0.15) is 0 Å². The van der Waals surface area contributed by atoms with Gasteiger partial charge in [-0.25, -0.2) is 4.79 Å². The highest BCUT2D eigenvalue weighted by Crippen LogP contribution is 2.31.